The van der Waals surface area contributed by atoms with Crippen LogP contribution in [0.1, 0.15) is 30.9 Å². The Bertz CT molecular complexity index is 857. The largest absolute Gasteiger partial charge is 0.276 e. The van der Waals surface area contributed by atoms with Gasteiger partial charge in [-0.05, 0) is 24.6 Å². The summed E-state index contributed by atoms with van der Waals surface area (Å²) < 4.78 is 0. The Morgan fingerprint density at radius 2 is 2.00 bits per heavy atom. The molecule has 0 saturated carbocycles. The van der Waals surface area contributed by atoms with Gasteiger partial charge in [0.15, 0.2) is 0 Å². The second-order valence-electron chi connectivity index (χ2n) is 5.92. The van der Waals surface area contributed by atoms with Crippen LogP contribution in [0.2, 0.25) is 5.02 Å². The van der Waals surface area contributed by atoms with Crippen LogP contribution in [-0.4, -0.2) is 29.7 Å². The van der Waals surface area contributed by atoms with Gasteiger partial charge in [-0.1, -0.05) is 55.3 Å². The third-order valence-electron chi connectivity index (χ3n) is 3.94. The maximum Gasteiger partial charge on any atom is 0.144 e. The summed E-state index contributed by atoms with van der Waals surface area (Å²) >= 11 is 12.2. The highest BCUT2D eigenvalue weighted by atomic mass is 35.5. The van der Waals surface area contributed by atoms with Gasteiger partial charge in [-0.25, -0.2) is 4.99 Å². The van der Waals surface area contributed by atoms with Crippen LogP contribution in [-0.2, 0) is 0 Å². The zero-order valence-corrected chi connectivity index (χ0v) is 16.1. The number of rotatable bonds is 5. The molecule has 0 unspecified atom stereocenters. The van der Waals surface area contributed by atoms with Gasteiger partial charge in [0.1, 0.15) is 5.84 Å². The lowest BCUT2D eigenvalue weighted by atomic mass is 10.0. The van der Waals surface area contributed by atoms with Gasteiger partial charge < -0.3 is 0 Å². The van der Waals surface area contributed by atoms with E-state index >= 15 is 0 Å². The van der Waals surface area contributed by atoms with Crippen molar-refractivity contribution in [2.45, 2.75) is 19.8 Å². The summed E-state index contributed by atoms with van der Waals surface area (Å²) in [6, 6.07) is 15.7. The summed E-state index contributed by atoms with van der Waals surface area (Å²) in [6.07, 6.45) is 1.85. The molecule has 2 aromatic rings. The van der Waals surface area contributed by atoms with E-state index in [4.69, 9.17) is 33.2 Å². The fourth-order valence-electron chi connectivity index (χ4n) is 2.70. The highest BCUT2D eigenvalue weighted by molar-refractivity contribution is 6.31. The number of nitrogens with zero attached hydrogens (tertiary/aromatic N) is 3. The summed E-state index contributed by atoms with van der Waals surface area (Å²) in [7, 11) is 0. The Morgan fingerprint density at radius 3 is 2.73 bits per heavy atom. The van der Waals surface area contributed by atoms with E-state index in [0.29, 0.717) is 23.3 Å². The maximum absolute atomic E-state index is 6.22. The van der Waals surface area contributed by atoms with Gasteiger partial charge in [0.05, 0.1) is 29.5 Å². The summed E-state index contributed by atoms with van der Waals surface area (Å²) in [4.78, 5) is 9.47. The summed E-state index contributed by atoms with van der Waals surface area (Å²) in [6.45, 7) is 2.50. The van der Waals surface area contributed by atoms with Crippen LogP contribution in [0.25, 0.3) is 0 Å². The van der Waals surface area contributed by atoms with Crippen LogP contribution in [0.3, 0.4) is 0 Å². The average Bonchev–Trinajstić information content (AvgIpc) is 2.85. The zero-order chi connectivity index (χ0) is 18.4. The Morgan fingerprint density at radius 1 is 1.19 bits per heavy atom. The summed E-state index contributed by atoms with van der Waals surface area (Å²) in [5, 5.41) is 5.05. The first kappa shape index (κ1) is 18.6. The minimum absolute atomic E-state index is 0.402. The number of hydrazone groups is 1. The number of hydrogen-bond acceptors (Lipinski definition) is 4. The van der Waals surface area contributed by atoms with E-state index in [1.807, 2.05) is 48.5 Å². The van der Waals surface area contributed by atoms with E-state index < -0.39 is 0 Å². The van der Waals surface area contributed by atoms with Gasteiger partial charge >= 0.3 is 0 Å². The molecule has 3 rings (SSSR count). The number of alkyl halides is 1. The monoisotopic (exact) mass is 386 g/mol. The third kappa shape index (κ3) is 4.51. The van der Waals surface area contributed by atoms with Gasteiger partial charge in [0.2, 0.25) is 0 Å². The Balaban J connectivity index is 1.97. The number of benzene rings is 2. The van der Waals surface area contributed by atoms with E-state index in [1.165, 1.54) is 0 Å². The van der Waals surface area contributed by atoms with E-state index in [-0.39, 0.29) is 0 Å². The molecule has 0 spiro atoms. The van der Waals surface area contributed by atoms with Crippen LogP contribution >= 0.6 is 23.2 Å². The van der Waals surface area contributed by atoms with Gasteiger partial charge in [0.25, 0.3) is 0 Å². The third-order valence-corrected chi connectivity index (χ3v) is 4.48. The molecule has 0 saturated heterocycles. The minimum atomic E-state index is 0.402. The molecule has 1 heterocycles. The molecule has 4 nitrogen and oxygen atoms in total. The molecule has 0 radical (unpaired) electrons. The molecule has 134 valence electrons. The number of amidine groups is 1. The van der Waals surface area contributed by atoms with Crippen LogP contribution < -0.4 is 5.43 Å². The first-order chi connectivity index (χ1) is 12.7. The van der Waals surface area contributed by atoms with E-state index in [1.54, 1.807) is 0 Å². The molecule has 0 bridgehead atoms. The van der Waals surface area contributed by atoms with E-state index in [0.717, 1.165) is 41.1 Å². The Labute approximate surface area is 163 Å². The highest BCUT2D eigenvalue weighted by Crippen LogP contribution is 2.28. The van der Waals surface area contributed by atoms with Crippen molar-refractivity contribution in [3.05, 3.63) is 64.7 Å². The van der Waals surface area contributed by atoms with Crippen molar-refractivity contribution in [2.75, 3.05) is 12.4 Å². The minimum Gasteiger partial charge on any atom is -0.276 e. The average molecular weight is 387 g/mol. The van der Waals surface area contributed by atoms with Crippen molar-refractivity contribution in [1.82, 2.24) is 5.43 Å². The second-order valence-corrected chi connectivity index (χ2v) is 6.63. The number of nitrogens with one attached hydrogen (secondary N) is 1. The molecular formula is C20H20Cl2N4. The van der Waals surface area contributed by atoms with Crippen LogP contribution in [0.4, 0.5) is 5.69 Å². The predicted octanol–water partition coefficient (Wildman–Crippen LogP) is 5.21. The standard InChI is InChI=1S/C20H20Cl2N4/c1-2-6-16(12-21)25-26-19-13-23-20(14-7-4-3-5-8-14)17-11-15(22)9-10-18(17)24-19/h3-5,7-11H,2,6,12-13H2,1H3,(H,24,26)/b25-16+. The van der Waals surface area contributed by atoms with Gasteiger partial charge in [0, 0.05) is 16.1 Å². The lowest BCUT2D eigenvalue weighted by molar-refractivity contribution is 0.934. The number of halogens is 2. The van der Waals surface area contributed by atoms with Crippen molar-refractivity contribution in [3.8, 4) is 0 Å². The van der Waals surface area contributed by atoms with Crippen LogP contribution in [0, 0.1) is 0 Å². The fourth-order valence-corrected chi connectivity index (χ4v) is 3.07. The maximum atomic E-state index is 6.22. The quantitative estimate of drug-likeness (QED) is 0.428. The Kier molecular flexibility index (Phi) is 6.42. The molecule has 1 aliphatic rings. The predicted molar refractivity (Wildman–Crippen MR) is 112 cm³/mol. The van der Waals surface area contributed by atoms with Crippen molar-refractivity contribution in [3.63, 3.8) is 0 Å². The van der Waals surface area contributed by atoms with E-state index in [2.05, 4.69) is 17.5 Å². The number of aliphatic imine (C=N–C) groups is 2. The molecule has 2 aromatic carbocycles. The molecule has 0 amide bonds. The van der Waals surface area contributed by atoms with Crippen LogP contribution in [0.15, 0.2) is 63.6 Å². The first-order valence-electron chi connectivity index (χ1n) is 8.56. The first-order valence-corrected chi connectivity index (χ1v) is 9.47. The molecule has 26 heavy (non-hydrogen) atoms. The highest BCUT2D eigenvalue weighted by Gasteiger charge is 2.16. The Hall–Kier alpha value is -2.17. The van der Waals surface area contributed by atoms with Gasteiger partial charge in [-0.2, -0.15) is 5.10 Å². The number of hydrogen-bond donors (Lipinski definition) is 1. The zero-order valence-electron chi connectivity index (χ0n) is 14.5. The normalized spacial score (nSPS) is 14.2. The molecule has 1 aliphatic heterocycles. The summed E-state index contributed by atoms with van der Waals surface area (Å²) in [5.41, 5.74) is 7.58. The SMILES string of the molecule is CCC/C(CCl)=N\NC1=Nc2ccc(Cl)cc2C(c2ccccc2)=NC1. The van der Waals surface area contributed by atoms with Crippen LogP contribution in [0.5, 0.6) is 0 Å². The molecule has 0 aromatic heterocycles. The fraction of sp³-hybridized carbons (Fsp3) is 0.250. The van der Waals surface area contributed by atoms with Gasteiger partial charge in [-0.15, -0.1) is 11.6 Å². The lowest BCUT2D eigenvalue weighted by Crippen LogP contribution is -2.23. The lowest BCUT2D eigenvalue weighted by Gasteiger charge is -2.08. The molecule has 6 heteroatoms. The molecule has 0 atom stereocenters. The van der Waals surface area contributed by atoms with Crippen molar-refractivity contribution in [1.29, 1.82) is 0 Å². The smallest absolute Gasteiger partial charge is 0.144 e. The second kappa shape index (κ2) is 8.97. The van der Waals surface area contributed by atoms with Crippen molar-refractivity contribution in [2.24, 2.45) is 15.1 Å². The van der Waals surface area contributed by atoms with Gasteiger partial charge in [-0.3, -0.25) is 10.4 Å². The number of fused-ring (bicyclic) bond motifs is 1. The van der Waals surface area contributed by atoms with E-state index in [9.17, 15) is 0 Å². The van der Waals surface area contributed by atoms with Crippen molar-refractivity contribution >= 4 is 46.1 Å². The topological polar surface area (TPSA) is 49.1 Å². The molecule has 0 aliphatic carbocycles. The summed E-state index contributed by atoms with van der Waals surface area (Å²) in [5.74, 6) is 1.08. The molecular weight excluding hydrogens is 367 g/mol. The molecule has 0 fully saturated rings. The molecule has 1 N–H and O–H groups in total. The van der Waals surface area contributed by atoms with Crippen molar-refractivity contribution < 1.29 is 0 Å².